The molecule has 0 aliphatic rings. The second-order valence-electron chi connectivity index (χ2n) is 3.76. The number of aromatic nitrogens is 1. The molecule has 0 saturated heterocycles. The third-order valence-corrected chi connectivity index (χ3v) is 2.36. The summed E-state index contributed by atoms with van der Waals surface area (Å²) in [5.74, 6) is 0. The van der Waals surface area contributed by atoms with Crippen molar-refractivity contribution in [2.75, 3.05) is 20.1 Å². The molecule has 0 bridgehead atoms. The molecule has 4 nitrogen and oxygen atoms in total. The molecular formula is C12H19N3O. The molecule has 0 aliphatic carbocycles. The van der Waals surface area contributed by atoms with Gasteiger partial charge >= 0.3 is 6.03 Å². The molecular weight excluding hydrogens is 202 g/mol. The van der Waals surface area contributed by atoms with E-state index in [-0.39, 0.29) is 6.03 Å². The van der Waals surface area contributed by atoms with Gasteiger partial charge in [-0.1, -0.05) is 6.92 Å². The number of nitrogens with one attached hydrogen (secondary N) is 1. The van der Waals surface area contributed by atoms with Crippen LogP contribution < -0.4 is 5.32 Å². The van der Waals surface area contributed by atoms with Crippen LogP contribution in [0.5, 0.6) is 0 Å². The lowest BCUT2D eigenvalue weighted by Crippen LogP contribution is -2.38. The topological polar surface area (TPSA) is 45.2 Å². The highest BCUT2D eigenvalue weighted by molar-refractivity contribution is 5.73. The first-order valence-corrected chi connectivity index (χ1v) is 5.62. The monoisotopic (exact) mass is 221 g/mol. The Morgan fingerprint density at radius 3 is 2.75 bits per heavy atom. The van der Waals surface area contributed by atoms with Crippen molar-refractivity contribution in [3.8, 4) is 0 Å². The number of hydrogen-bond donors (Lipinski definition) is 1. The van der Waals surface area contributed by atoms with Gasteiger partial charge in [-0.2, -0.15) is 0 Å². The van der Waals surface area contributed by atoms with E-state index in [1.54, 1.807) is 17.3 Å². The standard InChI is InChI=1S/C12H19N3O/c1-3-7-14-12(16)15(2)10-6-11-4-8-13-9-5-11/h4-5,8-9H,3,6-7,10H2,1-2H3,(H,14,16). The molecule has 0 aliphatic heterocycles. The molecule has 1 aromatic heterocycles. The van der Waals surface area contributed by atoms with Crippen molar-refractivity contribution in [2.24, 2.45) is 0 Å². The zero-order valence-corrected chi connectivity index (χ0v) is 9.94. The summed E-state index contributed by atoms with van der Waals surface area (Å²) in [4.78, 5) is 17.2. The van der Waals surface area contributed by atoms with Gasteiger partial charge in [-0.3, -0.25) is 4.98 Å². The fourth-order valence-electron chi connectivity index (χ4n) is 1.31. The Morgan fingerprint density at radius 2 is 2.12 bits per heavy atom. The zero-order valence-electron chi connectivity index (χ0n) is 9.94. The maximum absolute atomic E-state index is 11.5. The van der Waals surface area contributed by atoms with Crippen molar-refractivity contribution in [3.05, 3.63) is 30.1 Å². The summed E-state index contributed by atoms with van der Waals surface area (Å²) in [5, 5.41) is 2.84. The van der Waals surface area contributed by atoms with Gasteiger partial charge in [0.05, 0.1) is 0 Å². The minimum absolute atomic E-state index is 0.00379. The van der Waals surface area contributed by atoms with Gasteiger partial charge < -0.3 is 10.2 Å². The molecule has 88 valence electrons. The summed E-state index contributed by atoms with van der Waals surface area (Å²) >= 11 is 0. The molecule has 1 heterocycles. The van der Waals surface area contributed by atoms with E-state index in [4.69, 9.17) is 0 Å². The maximum Gasteiger partial charge on any atom is 0.317 e. The van der Waals surface area contributed by atoms with Crippen LogP contribution >= 0.6 is 0 Å². The lowest BCUT2D eigenvalue weighted by molar-refractivity contribution is 0.209. The Hall–Kier alpha value is -1.58. The lowest BCUT2D eigenvalue weighted by Gasteiger charge is -2.17. The number of carbonyl (C=O) groups excluding carboxylic acids is 1. The summed E-state index contributed by atoms with van der Waals surface area (Å²) in [6.07, 6.45) is 5.36. The third kappa shape index (κ3) is 4.29. The van der Waals surface area contributed by atoms with Crippen LogP contribution in [0.2, 0.25) is 0 Å². The number of hydrogen-bond acceptors (Lipinski definition) is 2. The predicted molar refractivity (Wildman–Crippen MR) is 64.3 cm³/mol. The highest BCUT2D eigenvalue weighted by Gasteiger charge is 2.06. The van der Waals surface area contributed by atoms with E-state index in [1.165, 1.54) is 5.56 Å². The highest BCUT2D eigenvalue weighted by Crippen LogP contribution is 1.98. The number of pyridine rings is 1. The van der Waals surface area contributed by atoms with Crippen LogP contribution in [0.15, 0.2) is 24.5 Å². The van der Waals surface area contributed by atoms with Gasteiger partial charge in [0.25, 0.3) is 0 Å². The van der Waals surface area contributed by atoms with Crippen molar-refractivity contribution in [1.29, 1.82) is 0 Å². The normalized spacial score (nSPS) is 9.88. The largest absolute Gasteiger partial charge is 0.338 e. The predicted octanol–water partition coefficient (Wildman–Crippen LogP) is 1.68. The minimum atomic E-state index is -0.00379. The molecule has 0 spiro atoms. The summed E-state index contributed by atoms with van der Waals surface area (Å²) in [5.41, 5.74) is 1.20. The Morgan fingerprint density at radius 1 is 1.44 bits per heavy atom. The molecule has 1 rings (SSSR count). The van der Waals surface area contributed by atoms with Crippen molar-refractivity contribution < 1.29 is 4.79 Å². The lowest BCUT2D eigenvalue weighted by atomic mass is 10.2. The minimum Gasteiger partial charge on any atom is -0.338 e. The average Bonchev–Trinajstić information content (AvgIpc) is 2.34. The zero-order chi connectivity index (χ0) is 11.8. The van der Waals surface area contributed by atoms with Gasteiger partial charge in [0.1, 0.15) is 0 Å². The number of likely N-dealkylation sites (N-methyl/N-ethyl adjacent to an activating group) is 1. The Kier molecular flexibility index (Phi) is 5.32. The summed E-state index contributed by atoms with van der Waals surface area (Å²) < 4.78 is 0. The van der Waals surface area contributed by atoms with E-state index < -0.39 is 0 Å². The number of carbonyl (C=O) groups is 1. The van der Waals surface area contributed by atoms with Crippen molar-refractivity contribution >= 4 is 6.03 Å². The third-order valence-electron chi connectivity index (χ3n) is 2.36. The van der Waals surface area contributed by atoms with Crippen LogP contribution in [0.1, 0.15) is 18.9 Å². The summed E-state index contributed by atoms with van der Waals surface area (Å²) in [6, 6.07) is 3.94. The van der Waals surface area contributed by atoms with Crippen LogP contribution in [0.25, 0.3) is 0 Å². The van der Waals surface area contributed by atoms with Gasteiger partial charge in [0.15, 0.2) is 0 Å². The number of nitrogens with zero attached hydrogens (tertiary/aromatic N) is 2. The first-order valence-electron chi connectivity index (χ1n) is 5.62. The van der Waals surface area contributed by atoms with E-state index in [2.05, 4.69) is 10.3 Å². The molecule has 0 radical (unpaired) electrons. The van der Waals surface area contributed by atoms with E-state index in [0.717, 1.165) is 25.9 Å². The molecule has 2 amide bonds. The summed E-state index contributed by atoms with van der Waals surface area (Å²) in [6.45, 7) is 3.50. The quantitative estimate of drug-likeness (QED) is 0.822. The Bertz CT molecular complexity index is 313. The average molecular weight is 221 g/mol. The molecule has 0 atom stereocenters. The molecule has 1 N–H and O–H groups in total. The van der Waals surface area contributed by atoms with E-state index in [1.807, 2.05) is 26.1 Å². The Labute approximate surface area is 96.7 Å². The molecule has 16 heavy (non-hydrogen) atoms. The van der Waals surface area contributed by atoms with Crippen LogP contribution in [0, 0.1) is 0 Å². The van der Waals surface area contributed by atoms with Gasteiger partial charge in [-0.05, 0) is 30.5 Å². The fraction of sp³-hybridized carbons (Fsp3) is 0.500. The van der Waals surface area contributed by atoms with Gasteiger partial charge in [0, 0.05) is 32.5 Å². The molecule has 0 unspecified atom stereocenters. The van der Waals surface area contributed by atoms with E-state index in [9.17, 15) is 4.79 Å². The van der Waals surface area contributed by atoms with Crippen LogP contribution in [-0.2, 0) is 6.42 Å². The second-order valence-corrected chi connectivity index (χ2v) is 3.76. The van der Waals surface area contributed by atoms with Crippen LogP contribution in [-0.4, -0.2) is 36.1 Å². The Balaban J connectivity index is 2.29. The highest BCUT2D eigenvalue weighted by atomic mass is 16.2. The summed E-state index contributed by atoms with van der Waals surface area (Å²) in [7, 11) is 1.81. The van der Waals surface area contributed by atoms with Crippen molar-refractivity contribution in [2.45, 2.75) is 19.8 Å². The first-order chi connectivity index (χ1) is 7.74. The molecule has 0 saturated carbocycles. The van der Waals surface area contributed by atoms with Crippen molar-refractivity contribution in [1.82, 2.24) is 15.2 Å². The number of urea groups is 1. The fourth-order valence-corrected chi connectivity index (χ4v) is 1.31. The SMILES string of the molecule is CCCNC(=O)N(C)CCc1ccncc1. The van der Waals surface area contributed by atoms with Gasteiger partial charge in [0.2, 0.25) is 0 Å². The molecule has 0 aromatic carbocycles. The molecule has 0 fully saturated rings. The van der Waals surface area contributed by atoms with E-state index in [0.29, 0.717) is 0 Å². The maximum atomic E-state index is 11.5. The smallest absolute Gasteiger partial charge is 0.317 e. The van der Waals surface area contributed by atoms with E-state index >= 15 is 0 Å². The van der Waals surface area contributed by atoms with Crippen molar-refractivity contribution in [3.63, 3.8) is 0 Å². The van der Waals surface area contributed by atoms with Gasteiger partial charge in [-0.15, -0.1) is 0 Å². The molecule has 1 aromatic rings. The van der Waals surface area contributed by atoms with Crippen LogP contribution in [0.3, 0.4) is 0 Å². The molecule has 4 heteroatoms. The van der Waals surface area contributed by atoms with Crippen LogP contribution in [0.4, 0.5) is 4.79 Å². The number of rotatable bonds is 5. The number of amides is 2. The van der Waals surface area contributed by atoms with Gasteiger partial charge in [-0.25, -0.2) is 4.79 Å². The second kappa shape index (κ2) is 6.82. The first kappa shape index (κ1) is 12.5.